The Morgan fingerprint density at radius 2 is 1.88 bits per heavy atom. The van der Waals surface area contributed by atoms with Crippen LogP contribution in [-0.4, -0.2) is 50.5 Å². The zero-order valence-electron chi connectivity index (χ0n) is 24.3. The number of rotatable bonds is 8. The lowest BCUT2D eigenvalue weighted by molar-refractivity contribution is -0.131. The number of nitrogens with zero attached hydrogens (tertiary/aromatic N) is 3. The van der Waals surface area contributed by atoms with E-state index in [1.54, 1.807) is 17.3 Å². The maximum Gasteiger partial charge on any atom is 0.411 e. The molecule has 0 unspecified atom stereocenters. The summed E-state index contributed by atoms with van der Waals surface area (Å²) in [4.78, 5) is 43.7. The SMILES string of the molecule is COC(=O)N/C(=C/Cc1ccccc1)C(=O)N1CCC[C@]1(C)c1nc2ccc(/C=C/Cc3ccc4[nH]cnc4c3)cc2[nH]1. The highest BCUT2D eigenvalue weighted by Gasteiger charge is 2.44. The van der Waals surface area contributed by atoms with Crippen molar-refractivity contribution in [2.75, 3.05) is 13.7 Å². The van der Waals surface area contributed by atoms with Crippen LogP contribution in [0.1, 0.15) is 42.3 Å². The number of amides is 2. The molecule has 0 saturated carbocycles. The predicted molar refractivity (Wildman–Crippen MR) is 167 cm³/mol. The highest BCUT2D eigenvalue weighted by Crippen LogP contribution is 2.38. The van der Waals surface area contributed by atoms with Gasteiger partial charge in [0.25, 0.3) is 5.91 Å². The molecule has 9 nitrogen and oxygen atoms in total. The van der Waals surface area contributed by atoms with Crippen molar-refractivity contribution >= 4 is 40.1 Å². The molecule has 9 heteroatoms. The molecule has 1 fully saturated rings. The molecular formula is C34H34N6O3. The first kappa shape index (κ1) is 28.0. The molecule has 0 radical (unpaired) electrons. The fourth-order valence-corrected chi connectivity index (χ4v) is 5.69. The summed E-state index contributed by atoms with van der Waals surface area (Å²) in [6.07, 6.45) is 9.88. The number of aromatic nitrogens is 4. The van der Waals surface area contributed by atoms with E-state index in [-0.39, 0.29) is 11.6 Å². The Kier molecular flexibility index (Phi) is 7.79. The number of hydrogen-bond acceptors (Lipinski definition) is 5. The van der Waals surface area contributed by atoms with Crippen LogP contribution in [0.3, 0.4) is 0 Å². The van der Waals surface area contributed by atoms with Crippen molar-refractivity contribution in [3.05, 3.63) is 113 Å². The van der Waals surface area contributed by atoms with E-state index in [1.807, 2.05) is 49.4 Å². The Balaban J connectivity index is 1.21. The molecule has 5 aromatic rings. The van der Waals surface area contributed by atoms with Crippen LogP contribution in [0.2, 0.25) is 0 Å². The third-order valence-corrected chi connectivity index (χ3v) is 8.09. The van der Waals surface area contributed by atoms with Crippen LogP contribution >= 0.6 is 0 Å². The molecule has 1 saturated heterocycles. The van der Waals surface area contributed by atoms with Gasteiger partial charge in [-0.3, -0.25) is 10.1 Å². The molecule has 3 aromatic carbocycles. The number of carbonyl (C=O) groups is 2. The second-order valence-corrected chi connectivity index (χ2v) is 11.0. The van der Waals surface area contributed by atoms with Crippen molar-refractivity contribution in [1.29, 1.82) is 0 Å². The largest absolute Gasteiger partial charge is 0.453 e. The highest BCUT2D eigenvalue weighted by atomic mass is 16.5. The normalized spacial score (nSPS) is 17.3. The number of likely N-dealkylation sites (tertiary alicyclic amines) is 1. The summed E-state index contributed by atoms with van der Waals surface area (Å²) >= 11 is 0. The van der Waals surface area contributed by atoms with E-state index >= 15 is 0 Å². The van der Waals surface area contributed by atoms with Gasteiger partial charge in [-0.15, -0.1) is 0 Å². The van der Waals surface area contributed by atoms with Crippen molar-refractivity contribution in [3.8, 4) is 0 Å². The molecule has 43 heavy (non-hydrogen) atoms. The summed E-state index contributed by atoms with van der Waals surface area (Å²) in [5.74, 6) is 0.459. The topological polar surface area (TPSA) is 116 Å². The van der Waals surface area contributed by atoms with Gasteiger partial charge in [0.1, 0.15) is 11.5 Å². The van der Waals surface area contributed by atoms with Gasteiger partial charge in [0, 0.05) is 6.54 Å². The number of ether oxygens (including phenoxy) is 1. The third-order valence-electron chi connectivity index (χ3n) is 8.09. The Bertz CT molecular complexity index is 1840. The minimum atomic E-state index is -0.681. The standard InChI is InChI=1S/C34H34N6O3/c1-34(18-7-19-40(34)31(41)28(39-33(42)43-2)17-12-23-8-4-3-5-9-23)32-37-27-16-14-25(21-30(27)38-32)11-6-10-24-13-15-26-29(20-24)36-22-35-26/h3-6,8-9,11,13-17,20-22H,7,10,12,18-19H2,1-2H3,(H,35,36)(H,37,38)(H,39,42)/b11-6+,28-17+/t34-/m1/s1. The first-order chi connectivity index (χ1) is 20.9. The van der Waals surface area contributed by atoms with Gasteiger partial charge in [-0.25, -0.2) is 14.8 Å². The molecule has 0 aliphatic carbocycles. The van der Waals surface area contributed by atoms with Gasteiger partial charge < -0.3 is 19.6 Å². The number of carbonyl (C=O) groups excluding carboxylic acids is 2. The maximum absolute atomic E-state index is 13.9. The van der Waals surface area contributed by atoms with E-state index in [9.17, 15) is 9.59 Å². The predicted octanol–water partition coefficient (Wildman–Crippen LogP) is 6.02. The number of nitrogens with one attached hydrogen (secondary N) is 3. The molecular weight excluding hydrogens is 540 g/mol. The Morgan fingerprint density at radius 3 is 2.72 bits per heavy atom. The van der Waals surface area contributed by atoms with Gasteiger partial charge in [0.2, 0.25) is 0 Å². The number of methoxy groups -OCH3 is 1. The van der Waals surface area contributed by atoms with E-state index in [2.05, 4.69) is 56.7 Å². The lowest BCUT2D eigenvalue weighted by Crippen LogP contribution is -2.46. The number of fused-ring (bicyclic) bond motifs is 2. The number of alkyl carbamates (subject to hydrolysis) is 1. The molecule has 0 bridgehead atoms. The van der Waals surface area contributed by atoms with Crippen LogP contribution < -0.4 is 5.32 Å². The number of imidazole rings is 2. The van der Waals surface area contributed by atoms with E-state index < -0.39 is 11.6 Å². The van der Waals surface area contributed by atoms with E-state index in [1.165, 1.54) is 12.7 Å². The van der Waals surface area contributed by atoms with Crippen LogP contribution in [0.25, 0.3) is 28.1 Å². The molecule has 2 amide bonds. The Hall–Kier alpha value is -5.18. The average molecular weight is 575 g/mol. The second-order valence-electron chi connectivity index (χ2n) is 11.0. The smallest absolute Gasteiger partial charge is 0.411 e. The minimum absolute atomic E-state index is 0.193. The molecule has 1 aliphatic heterocycles. The Labute approximate surface area is 249 Å². The number of benzene rings is 3. The molecule has 0 spiro atoms. The molecule has 1 atom stereocenters. The maximum atomic E-state index is 13.9. The molecule has 3 heterocycles. The minimum Gasteiger partial charge on any atom is -0.453 e. The van der Waals surface area contributed by atoms with Crippen molar-refractivity contribution in [3.63, 3.8) is 0 Å². The number of H-pyrrole nitrogens is 2. The Morgan fingerprint density at radius 1 is 1.02 bits per heavy atom. The summed E-state index contributed by atoms with van der Waals surface area (Å²) in [6.45, 7) is 2.58. The summed E-state index contributed by atoms with van der Waals surface area (Å²) in [5.41, 5.74) is 6.55. The van der Waals surface area contributed by atoms with Crippen LogP contribution in [0.5, 0.6) is 0 Å². The van der Waals surface area contributed by atoms with E-state index in [4.69, 9.17) is 9.72 Å². The molecule has 218 valence electrons. The van der Waals surface area contributed by atoms with E-state index in [0.29, 0.717) is 13.0 Å². The fourth-order valence-electron chi connectivity index (χ4n) is 5.69. The molecule has 2 aromatic heterocycles. The van der Waals surface area contributed by atoms with Gasteiger partial charge in [0.15, 0.2) is 0 Å². The van der Waals surface area contributed by atoms with Gasteiger partial charge in [0.05, 0.1) is 41.0 Å². The average Bonchev–Trinajstić information content (AvgIpc) is 3.77. The number of allylic oxidation sites excluding steroid dienone is 2. The number of hydrogen-bond donors (Lipinski definition) is 3. The molecule has 6 rings (SSSR count). The summed E-state index contributed by atoms with van der Waals surface area (Å²) in [5, 5.41) is 2.64. The van der Waals surface area contributed by atoms with Crippen molar-refractivity contribution in [2.45, 2.75) is 38.1 Å². The van der Waals surface area contributed by atoms with Crippen LogP contribution in [0.4, 0.5) is 4.79 Å². The summed E-state index contributed by atoms with van der Waals surface area (Å²) < 4.78 is 4.81. The lowest BCUT2D eigenvalue weighted by Gasteiger charge is -2.34. The van der Waals surface area contributed by atoms with Crippen molar-refractivity contribution in [1.82, 2.24) is 30.2 Å². The number of aromatic amines is 2. The third kappa shape index (κ3) is 5.92. The summed E-state index contributed by atoms with van der Waals surface area (Å²) in [7, 11) is 1.28. The van der Waals surface area contributed by atoms with Crippen molar-refractivity contribution < 1.29 is 14.3 Å². The van der Waals surface area contributed by atoms with Crippen molar-refractivity contribution in [2.24, 2.45) is 0 Å². The van der Waals surface area contributed by atoms with Crippen LogP contribution in [0, 0.1) is 0 Å². The second kappa shape index (κ2) is 12.0. The van der Waals surface area contributed by atoms with Gasteiger partial charge in [-0.1, -0.05) is 60.7 Å². The quantitative estimate of drug-likeness (QED) is 0.196. The van der Waals surface area contributed by atoms with Crippen LogP contribution in [-0.2, 0) is 27.9 Å². The van der Waals surface area contributed by atoms with E-state index in [0.717, 1.165) is 58.3 Å². The van der Waals surface area contributed by atoms with Crippen LogP contribution in [0.15, 0.2) is 90.9 Å². The van der Waals surface area contributed by atoms with Gasteiger partial charge in [-0.2, -0.15) is 0 Å². The molecule has 1 aliphatic rings. The van der Waals surface area contributed by atoms with Gasteiger partial charge >= 0.3 is 6.09 Å². The van der Waals surface area contributed by atoms with Gasteiger partial charge in [-0.05, 0) is 73.6 Å². The highest BCUT2D eigenvalue weighted by molar-refractivity contribution is 5.97. The first-order valence-corrected chi connectivity index (χ1v) is 14.4. The monoisotopic (exact) mass is 574 g/mol. The fraction of sp³-hybridized carbons (Fsp3) is 0.235. The molecule has 3 N–H and O–H groups in total. The lowest BCUT2D eigenvalue weighted by atomic mass is 9.97. The summed E-state index contributed by atoms with van der Waals surface area (Å²) in [6, 6.07) is 22.2. The first-order valence-electron chi connectivity index (χ1n) is 14.4. The zero-order chi connectivity index (χ0) is 29.8. The zero-order valence-corrected chi connectivity index (χ0v) is 24.3.